The van der Waals surface area contributed by atoms with Crippen LogP contribution in [0.5, 0.6) is 17.2 Å². The second-order valence-corrected chi connectivity index (χ2v) is 9.06. The van der Waals surface area contributed by atoms with E-state index in [9.17, 15) is 13.2 Å². The van der Waals surface area contributed by atoms with Gasteiger partial charge in [-0.3, -0.25) is 4.79 Å². The number of hydrogen-bond acceptors (Lipinski definition) is 6. The van der Waals surface area contributed by atoms with Crippen molar-refractivity contribution in [1.82, 2.24) is 9.62 Å². The minimum absolute atomic E-state index is 0.0882. The van der Waals surface area contributed by atoms with Gasteiger partial charge in [0.1, 0.15) is 5.75 Å². The van der Waals surface area contributed by atoms with Gasteiger partial charge in [0.15, 0.2) is 11.5 Å². The SMILES string of the molecule is CCOc1ccc(S(=O)(=O)N2CCC(NC(=O)c3ccc4c(c3)OCO4)CC2)cc1. The van der Waals surface area contributed by atoms with Gasteiger partial charge < -0.3 is 19.5 Å². The van der Waals surface area contributed by atoms with Gasteiger partial charge in [0.25, 0.3) is 5.91 Å². The number of carbonyl (C=O) groups is 1. The summed E-state index contributed by atoms with van der Waals surface area (Å²) in [5.41, 5.74) is 0.490. The number of sulfonamides is 1. The van der Waals surface area contributed by atoms with E-state index in [1.165, 1.54) is 4.31 Å². The van der Waals surface area contributed by atoms with E-state index in [2.05, 4.69) is 5.32 Å². The van der Waals surface area contributed by atoms with Crippen LogP contribution >= 0.6 is 0 Å². The molecule has 1 fully saturated rings. The van der Waals surface area contributed by atoms with Gasteiger partial charge in [-0.2, -0.15) is 4.31 Å². The second kappa shape index (κ2) is 8.53. The minimum Gasteiger partial charge on any atom is -0.494 e. The Morgan fingerprint density at radius 3 is 2.50 bits per heavy atom. The maximum Gasteiger partial charge on any atom is 0.251 e. The predicted molar refractivity (Wildman–Crippen MR) is 109 cm³/mol. The van der Waals surface area contributed by atoms with E-state index in [1.54, 1.807) is 42.5 Å². The van der Waals surface area contributed by atoms with E-state index in [1.807, 2.05) is 6.92 Å². The Bertz CT molecular complexity index is 1010. The van der Waals surface area contributed by atoms with Crippen LogP contribution in [0.2, 0.25) is 0 Å². The molecule has 0 spiro atoms. The van der Waals surface area contributed by atoms with Crippen LogP contribution in [-0.4, -0.2) is 51.2 Å². The molecule has 2 aliphatic rings. The molecule has 1 saturated heterocycles. The summed E-state index contributed by atoms with van der Waals surface area (Å²) in [5, 5.41) is 2.99. The number of piperidine rings is 1. The van der Waals surface area contributed by atoms with Crippen molar-refractivity contribution in [3.63, 3.8) is 0 Å². The van der Waals surface area contributed by atoms with Crippen molar-refractivity contribution in [1.29, 1.82) is 0 Å². The molecule has 2 aliphatic heterocycles. The predicted octanol–water partition coefficient (Wildman–Crippen LogP) is 2.40. The maximum atomic E-state index is 12.9. The van der Waals surface area contributed by atoms with E-state index in [4.69, 9.17) is 14.2 Å². The highest BCUT2D eigenvalue weighted by Crippen LogP contribution is 2.32. The van der Waals surface area contributed by atoms with Crippen LogP contribution in [-0.2, 0) is 10.0 Å². The minimum atomic E-state index is -3.57. The van der Waals surface area contributed by atoms with Gasteiger partial charge in [0, 0.05) is 24.7 Å². The molecule has 0 aliphatic carbocycles. The van der Waals surface area contributed by atoms with E-state index >= 15 is 0 Å². The molecule has 1 N–H and O–H groups in total. The summed E-state index contributed by atoms with van der Waals surface area (Å²) in [6.45, 7) is 3.25. The van der Waals surface area contributed by atoms with Gasteiger partial charge in [0.2, 0.25) is 16.8 Å². The Morgan fingerprint density at radius 2 is 1.80 bits per heavy atom. The zero-order valence-electron chi connectivity index (χ0n) is 16.7. The van der Waals surface area contributed by atoms with Crippen LogP contribution in [0, 0.1) is 0 Å². The Hall–Kier alpha value is -2.78. The molecule has 8 nitrogen and oxygen atoms in total. The van der Waals surface area contributed by atoms with Gasteiger partial charge in [0.05, 0.1) is 11.5 Å². The fourth-order valence-electron chi connectivity index (χ4n) is 3.57. The number of carbonyl (C=O) groups excluding carboxylic acids is 1. The lowest BCUT2D eigenvalue weighted by Gasteiger charge is -2.31. The van der Waals surface area contributed by atoms with E-state index in [0.29, 0.717) is 55.4 Å². The molecule has 160 valence electrons. The Balaban J connectivity index is 1.34. The molecule has 0 atom stereocenters. The van der Waals surface area contributed by atoms with Crippen LogP contribution < -0.4 is 19.5 Å². The first kappa shape index (κ1) is 20.5. The number of fused-ring (bicyclic) bond motifs is 1. The standard InChI is InChI=1S/C21H24N2O6S/c1-2-27-17-4-6-18(7-5-17)30(25,26)23-11-9-16(10-12-23)22-21(24)15-3-8-19-20(13-15)29-14-28-19/h3-8,13,16H,2,9-12,14H2,1H3,(H,22,24). The lowest BCUT2D eigenvalue weighted by Crippen LogP contribution is -2.46. The molecular formula is C21H24N2O6S. The molecule has 0 bridgehead atoms. The molecule has 1 amide bonds. The van der Waals surface area contributed by atoms with Crippen LogP contribution in [0.1, 0.15) is 30.1 Å². The molecule has 2 aromatic rings. The summed E-state index contributed by atoms with van der Waals surface area (Å²) >= 11 is 0. The molecule has 2 aromatic carbocycles. The summed E-state index contributed by atoms with van der Waals surface area (Å²) in [6, 6.07) is 11.4. The Morgan fingerprint density at radius 1 is 1.10 bits per heavy atom. The second-order valence-electron chi connectivity index (χ2n) is 7.12. The fraction of sp³-hybridized carbons (Fsp3) is 0.381. The lowest BCUT2D eigenvalue weighted by atomic mass is 10.1. The first-order valence-electron chi connectivity index (χ1n) is 9.91. The number of benzene rings is 2. The Kier molecular flexibility index (Phi) is 5.83. The number of nitrogens with zero attached hydrogens (tertiary/aromatic N) is 1. The third-order valence-corrected chi connectivity index (χ3v) is 7.11. The van der Waals surface area contributed by atoms with Gasteiger partial charge in [-0.25, -0.2) is 8.42 Å². The van der Waals surface area contributed by atoms with Crippen LogP contribution in [0.25, 0.3) is 0 Å². The van der Waals surface area contributed by atoms with Crippen molar-refractivity contribution < 1.29 is 27.4 Å². The number of nitrogens with one attached hydrogen (secondary N) is 1. The van der Waals surface area contributed by atoms with Crippen molar-refractivity contribution >= 4 is 15.9 Å². The van der Waals surface area contributed by atoms with Gasteiger partial charge in [-0.15, -0.1) is 0 Å². The van der Waals surface area contributed by atoms with E-state index in [0.717, 1.165) is 0 Å². The monoisotopic (exact) mass is 432 g/mol. The highest BCUT2D eigenvalue weighted by Gasteiger charge is 2.30. The van der Waals surface area contributed by atoms with Crippen molar-refractivity contribution in [3.05, 3.63) is 48.0 Å². The quantitative estimate of drug-likeness (QED) is 0.753. The summed E-state index contributed by atoms with van der Waals surface area (Å²) < 4.78 is 43.2. The highest BCUT2D eigenvalue weighted by atomic mass is 32.2. The van der Waals surface area contributed by atoms with Crippen molar-refractivity contribution in [3.8, 4) is 17.2 Å². The van der Waals surface area contributed by atoms with E-state index in [-0.39, 0.29) is 23.6 Å². The first-order chi connectivity index (χ1) is 14.5. The van der Waals surface area contributed by atoms with Gasteiger partial charge in [-0.05, 0) is 62.2 Å². The third kappa shape index (κ3) is 4.22. The van der Waals surface area contributed by atoms with Gasteiger partial charge in [-0.1, -0.05) is 0 Å². The molecule has 0 aromatic heterocycles. The normalized spacial score (nSPS) is 17.0. The summed E-state index contributed by atoms with van der Waals surface area (Å²) in [6.07, 6.45) is 1.10. The Labute approximate surface area is 175 Å². The zero-order chi connectivity index (χ0) is 21.1. The topological polar surface area (TPSA) is 94.2 Å². The average molecular weight is 432 g/mol. The third-order valence-electron chi connectivity index (χ3n) is 5.20. The summed E-state index contributed by atoms with van der Waals surface area (Å²) in [5.74, 6) is 1.61. The lowest BCUT2D eigenvalue weighted by molar-refractivity contribution is 0.0923. The van der Waals surface area contributed by atoms with Crippen LogP contribution in [0.15, 0.2) is 47.4 Å². The number of amides is 1. The van der Waals surface area contributed by atoms with E-state index < -0.39 is 10.0 Å². The fourth-order valence-corrected chi connectivity index (χ4v) is 5.04. The van der Waals surface area contributed by atoms with Crippen molar-refractivity contribution in [2.75, 3.05) is 26.5 Å². The van der Waals surface area contributed by atoms with Crippen LogP contribution in [0.4, 0.5) is 0 Å². The molecular weight excluding hydrogens is 408 g/mol. The van der Waals surface area contributed by atoms with Gasteiger partial charge >= 0.3 is 0 Å². The zero-order valence-corrected chi connectivity index (χ0v) is 17.5. The largest absolute Gasteiger partial charge is 0.494 e. The first-order valence-corrected chi connectivity index (χ1v) is 11.3. The molecule has 0 saturated carbocycles. The molecule has 2 heterocycles. The summed E-state index contributed by atoms with van der Waals surface area (Å²) in [7, 11) is -3.57. The number of ether oxygens (including phenoxy) is 3. The highest BCUT2D eigenvalue weighted by molar-refractivity contribution is 7.89. The smallest absolute Gasteiger partial charge is 0.251 e. The average Bonchev–Trinajstić information content (AvgIpc) is 3.23. The van der Waals surface area contributed by atoms with Crippen molar-refractivity contribution in [2.24, 2.45) is 0 Å². The molecule has 0 radical (unpaired) electrons. The molecule has 30 heavy (non-hydrogen) atoms. The number of hydrogen-bond donors (Lipinski definition) is 1. The molecule has 4 rings (SSSR count). The van der Waals surface area contributed by atoms with Crippen molar-refractivity contribution in [2.45, 2.75) is 30.7 Å². The maximum absolute atomic E-state index is 12.9. The number of rotatable bonds is 6. The molecule has 0 unspecified atom stereocenters. The summed E-state index contributed by atoms with van der Waals surface area (Å²) in [4.78, 5) is 12.8. The van der Waals surface area contributed by atoms with Crippen LogP contribution in [0.3, 0.4) is 0 Å². The molecule has 9 heteroatoms.